The summed E-state index contributed by atoms with van der Waals surface area (Å²) >= 11 is 0. The standard InChI is InChI=1S/C12H8F3NO2/c13-12(14,15)18-10-4-8(6-17)3-9(5-10)11(7-16)1-2-11/h3-6H,1-2H2. The number of hydrogen-bond acceptors (Lipinski definition) is 3. The number of hydrogen-bond donors (Lipinski definition) is 0. The zero-order chi connectivity index (χ0) is 13.4. The summed E-state index contributed by atoms with van der Waals surface area (Å²) in [5.74, 6) is -0.469. The molecule has 0 bridgehead atoms. The highest BCUT2D eigenvalue weighted by Gasteiger charge is 2.45. The van der Waals surface area contributed by atoms with Crippen LogP contribution in [0.15, 0.2) is 18.2 Å². The van der Waals surface area contributed by atoms with Crippen molar-refractivity contribution in [3.63, 3.8) is 0 Å². The Labute approximate surface area is 101 Å². The van der Waals surface area contributed by atoms with Gasteiger partial charge >= 0.3 is 6.36 Å². The molecule has 1 aliphatic rings. The number of ether oxygens (including phenoxy) is 1. The summed E-state index contributed by atoms with van der Waals surface area (Å²) in [6.07, 6.45) is -3.23. The summed E-state index contributed by atoms with van der Waals surface area (Å²) < 4.78 is 40.2. The predicted octanol–water partition coefficient (Wildman–Crippen LogP) is 2.95. The second kappa shape index (κ2) is 4.02. The first-order valence-corrected chi connectivity index (χ1v) is 5.16. The topological polar surface area (TPSA) is 50.1 Å². The lowest BCUT2D eigenvalue weighted by Crippen LogP contribution is -2.17. The Bertz CT molecular complexity index is 527. The summed E-state index contributed by atoms with van der Waals surface area (Å²) in [5.41, 5.74) is -0.301. The SMILES string of the molecule is N#CC1(c2cc(C=O)cc(OC(F)(F)F)c2)CC1. The minimum Gasteiger partial charge on any atom is -0.406 e. The predicted molar refractivity (Wildman–Crippen MR) is 55.0 cm³/mol. The number of carbonyl (C=O) groups excluding carboxylic acids is 1. The normalized spacial score (nSPS) is 16.8. The van der Waals surface area contributed by atoms with Crippen molar-refractivity contribution in [3.8, 4) is 11.8 Å². The fourth-order valence-corrected chi connectivity index (χ4v) is 1.75. The van der Waals surface area contributed by atoms with Crippen molar-refractivity contribution >= 4 is 6.29 Å². The minimum atomic E-state index is -4.82. The van der Waals surface area contributed by atoms with Crippen molar-refractivity contribution < 1.29 is 22.7 Å². The van der Waals surface area contributed by atoms with Gasteiger partial charge in [0, 0.05) is 5.56 Å². The quantitative estimate of drug-likeness (QED) is 0.780. The van der Waals surface area contributed by atoms with Gasteiger partial charge in [-0.25, -0.2) is 0 Å². The molecule has 0 N–H and O–H groups in total. The molecule has 1 aromatic carbocycles. The van der Waals surface area contributed by atoms with Crippen molar-refractivity contribution in [2.24, 2.45) is 0 Å². The highest BCUT2D eigenvalue weighted by molar-refractivity contribution is 5.76. The Hall–Kier alpha value is -2.03. The Morgan fingerprint density at radius 2 is 2.00 bits per heavy atom. The van der Waals surface area contributed by atoms with Crippen LogP contribution in [-0.2, 0) is 5.41 Å². The smallest absolute Gasteiger partial charge is 0.406 e. The number of rotatable bonds is 3. The first kappa shape index (κ1) is 12.4. The molecule has 2 rings (SSSR count). The van der Waals surface area contributed by atoms with Crippen molar-refractivity contribution in [2.75, 3.05) is 0 Å². The van der Waals surface area contributed by atoms with Crippen LogP contribution in [0.5, 0.6) is 5.75 Å². The highest BCUT2D eigenvalue weighted by Crippen LogP contribution is 2.48. The van der Waals surface area contributed by atoms with E-state index in [9.17, 15) is 18.0 Å². The van der Waals surface area contributed by atoms with Crippen molar-refractivity contribution in [1.82, 2.24) is 0 Å². The molecule has 6 heteroatoms. The molecule has 0 aliphatic heterocycles. The number of nitrogens with zero attached hydrogens (tertiary/aromatic N) is 1. The van der Waals surface area contributed by atoms with Gasteiger partial charge in [0.05, 0.1) is 11.5 Å². The zero-order valence-electron chi connectivity index (χ0n) is 9.12. The van der Waals surface area contributed by atoms with Gasteiger partial charge in [0.15, 0.2) is 0 Å². The molecule has 0 radical (unpaired) electrons. The molecule has 1 fully saturated rings. The number of benzene rings is 1. The van der Waals surface area contributed by atoms with Gasteiger partial charge in [-0.05, 0) is 36.6 Å². The van der Waals surface area contributed by atoms with Crippen LogP contribution < -0.4 is 4.74 Å². The van der Waals surface area contributed by atoms with Crippen molar-refractivity contribution in [3.05, 3.63) is 29.3 Å². The second-order valence-electron chi connectivity index (χ2n) is 4.15. The van der Waals surface area contributed by atoms with Gasteiger partial charge in [-0.3, -0.25) is 4.79 Å². The molecule has 0 saturated heterocycles. The van der Waals surface area contributed by atoms with E-state index in [0.717, 1.165) is 12.1 Å². The first-order valence-electron chi connectivity index (χ1n) is 5.16. The summed E-state index contributed by atoms with van der Waals surface area (Å²) in [5, 5.41) is 9.00. The molecule has 0 unspecified atom stereocenters. The molecule has 1 saturated carbocycles. The van der Waals surface area contributed by atoms with Gasteiger partial charge in [0.25, 0.3) is 0 Å². The van der Waals surface area contributed by atoms with Crippen LogP contribution in [0.25, 0.3) is 0 Å². The Morgan fingerprint density at radius 3 is 2.44 bits per heavy atom. The van der Waals surface area contributed by atoms with E-state index in [-0.39, 0.29) is 5.56 Å². The number of alkyl halides is 3. The molecule has 0 atom stereocenters. The Kier molecular flexibility index (Phi) is 2.77. The third-order valence-corrected chi connectivity index (χ3v) is 2.82. The van der Waals surface area contributed by atoms with Crippen LogP contribution in [0.2, 0.25) is 0 Å². The van der Waals surface area contributed by atoms with Gasteiger partial charge in [-0.15, -0.1) is 13.2 Å². The third kappa shape index (κ3) is 2.45. The third-order valence-electron chi connectivity index (χ3n) is 2.82. The van der Waals surface area contributed by atoms with Gasteiger partial charge in [0.1, 0.15) is 12.0 Å². The average Bonchev–Trinajstić information content (AvgIpc) is 3.07. The fourth-order valence-electron chi connectivity index (χ4n) is 1.75. The van der Waals surface area contributed by atoms with Crippen LogP contribution in [0.4, 0.5) is 13.2 Å². The van der Waals surface area contributed by atoms with Gasteiger partial charge in [-0.1, -0.05) is 0 Å². The molecular weight excluding hydrogens is 247 g/mol. The maximum Gasteiger partial charge on any atom is 0.573 e. The van der Waals surface area contributed by atoms with Gasteiger partial charge in [-0.2, -0.15) is 5.26 Å². The Balaban J connectivity index is 2.41. The lowest BCUT2D eigenvalue weighted by molar-refractivity contribution is -0.274. The molecule has 0 heterocycles. The average molecular weight is 255 g/mol. The van der Waals surface area contributed by atoms with Gasteiger partial charge < -0.3 is 4.74 Å². The van der Waals surface area contributed by atoms with E-state index in [0.29, 0.717) is 24.7 Å². The second-order valence-corrected chi connectivity index (χ2v) is 4.15. The maximum absolute atomic E-state index is 12.1. The monoisotopic (exact) mass is 255 g/mol. The summed E-state index contributed by atoms with van der Waals surface area (Å²) in [6, 6.07) is 5.64. The molecule has 1 aliphatic carbocycles. The maximum atomic E-state index is 12.1. The number of aldehydes is 1. The van der Waals surface area contributed by atoms with Crippen LogP contribution in [0.1, 0.15) is 28.8 Å². The molecule has 1 aromatic rings. The first-order chi connectivity index (χ1) is 8.38. The summed E-state index contributed by atoms with van der Waals surface area (Å²) in [7, 11) is 0. The van der Waals surface area contributed by atoms with Crippen LogP contribution in [0, 0.1) is 11.3 Å². The Morgan fingerprint density at radius 1 is 1.33 bits per heavy atom. The van der Waals surface area contributed by atoms with Crippen molar-refractivity contribution in [1.29, 1.82) is 5.26 Å². The number of nitriles is 1. The minimum absolute atomic E-state index is 0.0632. The van der Waals surface area contributed by atoms with Crippen LogP contribution >= 0.6 is 0 Å². The summed E-state index contributed by atoms with van der Waals surface area (Å²) in [4.78, 5) is 10.7. The molecular formula is C12H8F3NO2. The number of carbonyl (C=O) groups is 1. The van der Waals surface area contributed by atoms with E-state index in [4.69, 9.17) is 5.26 Å². The van der Waals surface area contributed by atoms with Crippen LogP contribution in [-0.4, -0.2) is 12.6 Å². The molecule has 3 nitrogen and oxygen atoms in total. The lowest BCUT2D eigenvalue weighted by Gasteiger charge is -2.13. The fraction of sp³-hybridized carbons (Fsp3) is 0.333. The largest absolute Gasteiger partial charge is 0.573 e. The van der Waals surface area contributed by atoms with E-state index >= 15 is 0 Å². The van der Waals surface area contributed by atoms with E-state index in [1.54, 1.807) is 0 Å². The molecule has 0 amide bonds. The van der Waals surface area contributed by atoms with Crippen molar-refractivity contribution in [2.45, 2.75) is 24.6 Å². The van der Waals surface area contributed by atoms with E-state index in [2.05, 4.69) is 10.8 Å². The van der Waals surface area contributed by atoms with E-state index in [1.165, 1.54) is 6.07 Å². The summed E-state index contributed by atoms with van der Waals surface area (Å²) in [6.45, 7) is 0. The van der Waals surface area contributed by atoms with Crippen LogP contribution in [0.3, 0.4) is 0 Å². The zero-order valence-corrected chi connectivity index (χ0v) is 9.12. The van der Waals surface area contributed by atoms with Gasteiger partial charge in [0.2, 0.25) is 0 Å². The molecule has 94 valence electrons. The molecule has 0 spiro atoms. The molecule has 0 aromatic heterocycles. The van der Waals surface area contributed by atoms with E-state index in [1.807, 2.05) is 0 Å². The van der Waals surface area contributed by atoms with E-state index < -0.39 is 17.5 Å². The lowest BCUT2D eigenvalue weighted by atomic mass is 9.96. The number of halogens is 3. The molecule has 18 heavy (non-hydrogen) atoms. The highest BCUT2D eigenvalue weighted by atomic mass is 19.4.